The lowest BCUT2D eigenvalue weighted by atomic mass is 10.00. The summed E-state index contributed by atoms with van der Waals surface area (Å²) in [5, 5.41) is 11.9. The Morgan fingerprint density at radius 1 is 0.218 bits per heavy atom. The van der Waals surface area contributed by atoms with Crippen molar-refractivity contribution in [3.8, 4) is 0 Å². The Balaban J connectivity index is 0.973. The summed E-state index contributed by atoms with van der Waals surface area (Å²) in [6.07, 6.45) is 37.4. The lowest BCUT2D eigenvalue weighted by Gasteiger charge is -2.12. The fourth-order valence-electron chi connectivity index (χ4n) is 11.7. The van der Waals surface area contributed by atoms with Gasteiger partial charge in [-0.15, -0.1) is 136 Å². The average Bonchev–Trinajstić information content (AvgIpc) is 4.46. The third-order valence-corrected chi connectivity index (χ3v) is 31.0. The van der Waals surface area contributed by atoms with E-state index >= 15 is 0 Å². The molecule has 12 aromatic rings. The van der Waals surface area contributed by atoms with Gasteiger partial charge >= 0.3 is 0 Å². The van der Waals surface area contributed by atoms with Crippen LogP contribution < -0.4 is 0 Å². The van der Waals surface area contributed by atoms with Crippen molar-refractivity contribution in [1.29, 1.82) is 0 Å². The number of hydrogen-bond acceptors (Lipinski definition) is 12. The van der Waals surface area contributed by atoms with Gasteiger partial charge in [0.05, 0.1) is 32.1 Å². The molecule has 412 valence electrons. The summed E-state index contributed by atoms with van der Waals surface area (Å²) in [7, 11) is 0. The fourth-order valence-corrected chi connectivity index (χ4v) is 28.7. The molecular weight excluding hydrogens is 1180 g/mol. The van der Waals surface area contributed by atoms with Crippen LogP contribution in [0, 0.1) is 0 Å². The maximum Gasteiger partial charge on any atom is 0.0892 e. The SMILES string of the molecule is CCCCCCCCc1cc2c(s1)sc1sc(C(=C(c3cc4c(s3)sc3sc(CCCCCCCC)cc34)c3cc4c(s3)sc3sc(CCCCCCCC)cc34)c3cc4c(s3)sc3sc(CCCCCCCC)cc34)cc12. The Labute approximate surface area is 511 Å². The predicted molar refractivity (Wildman–Crippen MR) is 374 cm³/mol. The third kappa shape index (κ3) is 12.5. The Bertz CT molecular complexity index is 3400. The minimum atomic E-state index is 1.22. The van der Waals surface area contributed by atoms with E-state index in [2.05, 4.69) is 212 Å². The van der Waals surface area contributed by atoms with Crippen molar-refractivity contribution in [1.82, 2.24) is 0 Å². The Morgan fingerprint density at radius 3 is 0.641 bits per heavy atom. The van der Waals surface area contributed by atoms with Crippen LogP contribution in [0.25, 0.3) is 86.3 Å². The normalized spacial score (nSPS) is 12.5. The van der Waals surface area contributed by atoms with Gasteiger partial charge in [0.1, 0.15) is 0 Å². The molecule has 0 aliphatic rings. The molecule has 78 heavy (non-hydrogen) atoms. The molecule has 0 N–H and O–H groups in total. The van der Waals surface area contributed by atoms with Crippen LogP contribution >= 0.6 is 136 Å². The van der Waals surface area contributed by atoms with E-state index in [1.807, 2.05) is 0 Å². The Hall–Kier alpha value is -1.78. The van der Waals surface area contributed by atoms with Gasteiger partial charge in [-0.3, -0.25) is 0 Å². The first-order valence-corrected chi connectivity index (χ1v) is 39.8. The molecule has 0 atom stereocenters. The third-order valence-electron chi connectivity index (χ3n) is 16.0. The second-order valence-corrected chi connectivity index (χ2v) is 37.0. The highest BCUT2D eigenvalue weighted by Crippen LogP contribution is 2.56. The summed E-state index contributed by atoms with van der Waals surface area (Å²) in [6, 6.07) is 20.9. The summed E-state index contributed by atoms with van der Waals surface area (Å²) in [4.78, 5) is 12.1. The smallest absolute Gasteiger partial charge is 0.0892 e. The van der Waals surface area contributed by atoms with Crippen molar-refractivity contribution >= 4 is 222 Å². The van der Waals surface area contributed by atoms with Crippen molar-refractivity contribution in [2.24, 2.45) is 0 Å². The average molecular weight is 1250 g/mol. The van der Waals surface area contributed by atoms with Gasteiger partial charge in [0, 0.05) is 93.3 Å². The van der Waals surface area contributed by atoms with Gasteiger partial charge in [-0.1, -0.05) is 156 Å². The lowest BCUT2D eigenvalue weighted by Crippen LogP contribution is -1.90. The number of hydrogen-bond donors (Lipinski definition) is 0. The van der Waals surface area contributed by atoms with E-state index in [0.29, 0.717) is 0 Å². The molecule has 12 rings (SSSR count). The van der Waals surface area contributed by atoms with Gasteiger partial charge in [0.15, 0.2) is 0 Å². The summed E-state index contributed by atoms with van der Waals surface area (Å²) in [5.74, 6) is 0. The highest BCUT2D eigenvalue weighted by atomic mass is 32.2. The molecule has 12 heterocycles. The van der Waals surface area contributed by atoms with E-state index in [1.165, 1.54) is 286 Å². The first-order chi connectivity index (χ1) is 38.5. The lowest BCUT2D eigenvalue weighted by molar-refractivity contribution is 0.609. The minimum absolute atomic E-state index is 1.22. The van der Waals surface area contributed by atoms with Gasteiger partial charge in [0.25, 0.3) is 0 Å². The summed E-state index contributed by atoms with van der Waals surface area (Å²) >= 11 is 24.8. The molecule has 0 saturated carbocycles. The fraction of sp³-hybridized carbons (Fsp3) is 0.485. The molecule has 0 saturated heterocycles. The Kier molecular flexibility index (Phi) is 19.5. The van der Waals surface area contributed by atoms with Crippen LogP contribution in [0.4, 0.5) is 0 Å². The number of thiophene rings is 12. The molecule has 0 bridgehead atoms. The molecule has 0 spiro atoms. The topological polar surface area (TPSA) is 0 Å². The van der Waals surface area contributed by atoms with Crippen LogP contribution in [0.15, 0.2) is 48.5 Å². The van der Waals surface area contributed by atoms with E-state index in [9.17, 15) is 0 Å². The van der Waals surface area contributed by atoms with E-state index in [0.717, 1.165) is 0 Å². The second kappa shape index (κ2) is 26.9. The molecule has 0 unspecified atom stereocenters. The Morgan fingerprint density at radius 2 is 0.410 bits per heavy atom. The molecule has 0 amide bonds. The van der Waals surface area contributed by atoms with Crippen molar-refractivity contribution in [2.45, 2.75) is 207 Å². The molecule has 0 aliphatic heterocycles. The van der Waals surface area contributed by atoms with Gasteiger partial charge in [0.2, 0.25) is 0 Å². The molecule has 0 aliphatic carbocycles. The number of aryl methyl sites for hydroxylation is 4. The summed E-state index contributed by atoms with van der Waals surface area (Å²) < 4.78 is 12.0. The van der Waals surface area contributed by atoms with Gasteiger partial charge in [-0.25, -0.2) is 0 Å². The van der Waals surface area contributed by atoms with Crippen molar-refractivity contribution in [2.75, 3.05) is 0 Å². The molecule has 12 aromatic heterocycles. The zero-order valence-electron chi connectivity index (χ0n) is 46.3. The van der Waals surface area contributed by atoms with Crippen LogP contribution in [0.5, 0.6) is 0 Å². The van der Waals surface area contributed by atoms with Crippen molar-refractivity contribution < 1.29 is 0 Å². The summed E-state index contributed by atoms with van der Waals surface area (Å²) in [6.45, 7) is 9.29. The van der Waals surface area contributed by atoms with E-state index in [4.69, 9.17) is 0 Å². The van der Waals surface area contributed by atoms with E-state index in [-0.39, 0.29) is 0 Å². The molecule has 0 aromatic carbocycles. The standard InChI is InChI=1S/C66H76S12/c1-5-9-13-17-21-25-29-41-33-45-49-37-53(71-63(49)75-59(45)67-41)57(54-38-50-46-34-42(30-26-22-18-14-10-6-2)68-60(46)76-64(50)72-54)58(55-39-51-47-35-43(31-27-23-19-15-11-7-3)69-61(47)77-65(51)73-55)56-40-52-48-36-44(32-28-24-20-16-12-8-4)70-62(48)78-66(52)74-56/h33-40H,5-32H2,1-4H3. The number of rotatable bonds is 32. The van der Waals surface area contributed by atoms with Crippen molar-refractivity contribution in [3.63, 3.8) is 0 Å². The first kappa shape index (κ1) is 56.7. The van der Waals surface area contributed by atoms with Crippen LogP contribution in [-0.2, 0) is 25.7 Å². The second-order valence-electron chi connectivity index (χ2n) is 22.1. The predicted octanol–water partition coefficient (Wildman–Crippen LogP) is 28.3. The van der Waals surface area contributed by atoms with Gasteiger partial charge in [-0.05, 0) is 99.9 Å². The highest BCUT2D eigenvalue weighted by molar-refractivity contribution is 7.52. The van der Waals surface area contributed by atoms with Crippen LogP contribution in [-0.4, -0.2) is 0 Å². The molecule has 0 radical (unpaired) electrons. The quantitative estimate of drug-likeness (QED) is 0.0369. The minimum Gasteiger partial charge on any atom is -0.129 e. The van der Waals surface area contributed by atoms with E-state index in [1.54, 1.807) is 19.5 Å². The van der Waals surface area contributed by atoms with Crippen LogP contribution in [0.1, 0.15) is 221 Å². The first-order valence-electron chi connectivity index (χ1n) is 30.0. The van der Waals surface area contributed by atoms with Crippen molar-refractivity contribution in [3.05, 3.63) is 87.5 Å². The maximum absolute atomic E-state index is 2.64. The molecule has 0 nitrogen and oxygen atoms in total. The van der Waals surface area contributed by atoms with E-state index < -0.39 is 0 Å². The summed E-state index contributed by atoms with van der Waals surface area (Å²) in [5.41, 5.74) is 2.92. The van der Waals surface area contributed by atoms with Crippen LogP contribution in [0.3, 0.4) is 0 Å². The monoisotopic (exact) mass is 1250 g/mol. The number of unbranched alkanes of at least 4 members (excludes halogenated alkanes) is 20. The number of fused-ring (bicyclic) bond motifs is 12. The molecule has 0 fully saturated rings. The molecular formula is C66H76S12. The highest BCUT2D eigenvalue weighted by Gasteiger charge is 2.28. The molecule has 12 heteroatoms. The maximum atomic E-state index is 2.64. The van der Waals surface area contributed by atoms with Gasteiger partial charge < -0.3 is 0 Å². The largest absolute Gasteiger partial charge is 0.129 e. The van der Waals surface area contributed by atoms with Gasteiger partial charge in [-0.2, -0.15) is 0 Å². The zero-order valence-corrected chi connectivity index (χ0v) is 56.1. The zero-order chi connectivity index (χ0) is 53.0. The van der Waals surface area contributed by atoms with Crippen LogP contribution in [0.2, 0.25) is 0 Å².